The second-order valence-corrected chi connectivity index (χ2v) is 7.45. The van der Waals surface area contributed by atoms with Gasteiger partial charge in [-0.2, -0.15) is 0 Å². The molecule has 2 atom stereocenters. The highest BCUT2D eigenvalue weighted by Crippen LogP contribution is 2.28. The smallest absolute Gasteiger partial charge is 0.231 e. The van der Waals surface area contributed by atoms with Crippen molar-refractivity contribution in [3.8, 4) is 0 Å². The maximum Gasteiger partial charge on any atom is 0.231 e. The largest absolute Gasteiger partial charge is 0.325 e. The zero-order valence-corrected chi connectivity index (χ0v) is 16.2. The molecule has 0 aromatic heterocycles. The predicted molar refractivity (Wildman–Crippen MR) is 107 cm³/mol. The van der Waals surface area contributed by atoms with Gasteiger partial charge < -0.3 is 5.32 Å². The van der Waals surface area contributed by atoms with Crippen LogP contribution in [0.15, 0.2) is 48.5 Å². The highest BCUT2D eigenvalue weighted by molar-refractivity contribution is 5.96. The molecule has 2 aromatic carbocycles. The van der Waals surface area contributed by atoms with Crippen molar-refractivity contribution >= 4 is 11.6 Å². The van der Waals surface area contributed by atoms with E-state index in [-0.39, 0.29) is 11.8 Å². The number of carbonyl (C=O) groups is 1. The Kier molecular flexibility index (Phi) is 6.81. The summed E-state index contributed by atoms with van der Waals surface area (Å²) in [6.45, 7) is 10.8. The number of amides is 1. The van der Waals surface area contributed by atoms with Gasteiger partial charge in [-0.3, -0.25) is 4.79 Å². The number of carbonyl (C=O) groups excluding carboxylic acids is 1. The molecule has 0 fully saturated rings. The van der Waals surface area contributed by atoms with Gasteiger partial charge >= 0.3 is 0 Å². The summed E-state index contributed by atoms with van der Waals surface area (Å²) in [5.41, 5.74) is 4.53. The van der Waals surface area contributed by atoms with Gasteiger partial charge in [0.25, 0.3) is 0 Å². The Hall–Kier alpha value is -2.09. The lowest BCUT2D eigenvalue weighted by molar-refractivity contribution is -0.117. The van der Waals surface area contributed by atoms with E-state index in [1.807, 2.05) is 25.1 Å². The standard InChI is InChI=1S/C23H31NO/c1-6-17(4)21-9-7-8-10-22(21)24-23(25)18(5)20-13-11-19(12-14-20)15-16(2)3/h7-14,16-18H,6,15H2,1-5H3,(H,24,25)/t17-,18-/m0/s1. The molecule has 0 unspecified atom stereocenters. The average molecular weight is 338 g/mol. The van der Waals surface area contributed by atoms with E-state index in [1.54, 1.807) is 0 Å². The predicted octanol–water partition coefficient (Wildman–Crippen LogP) is 6.14. The van der Waals surface area contributed by atoms with Gasteiger partial charge in [-0.25, -0.2) is 0 Å². The molecule has 0 aliphatic rings. The van der Waals surface area contributed by atoms with Gasteiger partial charge in [0, 0.05) is 5.69 Å². The van der Waals surface area contributed by atoms with Gasteiger partial charge in [-0.1, -0.05) is 70.2 Å². The van der Waals surface area contributed by atoms with Gasteiger partial charge in [0.15, 0.2) is 0 Å². The maximum absolute atomic E-state index is 12.7. The van der Waals surface area contributed by atoms with Crippen LogP contribution in [-0.2, 0) is 11.2 Å². The van der Waals surface area contributed by atoms with Crippen LogP contribution in [0.1, 0.15) is 69.6 Å². The summed E-state index contributed by atoms with van der Waals surface area (Å²) in [6.07, 6.45) is 2.13. The first-order valence-corrected chi connectivity index (χ1v) is 9.41. The monoisotopic (exact) mass is 337 g/mol. The zero-order valence-electron chi connectivity index (χ0n) is 16.2. The molecule has 134 valence electrons. The molecule has 1 N–H and O–H groups in total. The molecule has 0 saturated carbocycles. The molecule has 1 amide bonds. The molecule has 0 bridgehead atoms. The topological polar surface area (TPSA) is 29.1 Å². The zero-order chi connectivity index (χ0) is 18.4. The Balaban J connectivity index is 2.10. The van der Waals surface area contributed by atoms with Crippen LogP contribution in [0.3, 0.4) is 0 Å². The lowest BCUT2D eigenvalue weighted by Crippen LogP contribution is -2.20. The van der Waals surface area contributed by atoms with Crippen molar-refractivity contribution in [2.45, 2.75) is 59.3 Å². The Morgan fingerprint density at radius 3 is 2.20 bits per heavy atom. The highest BCUT2D eigenvalue weighted by atomic mass is 16.1. The fourth-order valence-electron chi connectivity index (χ4n) is 3.07. The normalized spacial score (nSPS) is 13.5. The van der Waals surface area contributed by atoms with Crippen LogP contribution in [0.5, 0.6) is 0 Å². The first-order chi connectivity index (χ1) is 11.9. The summed E-state index contributed by atoms with van der Waals surface area (Å²) >= 11 is 0. The third-order valence-electron chi connectivity index (χ3n) is 4.88. The van der Waals surface area contributed by atoms with Crippen LogP contribution >= 0.6 is 0 Å². The number of para-hydroxylation sites is 1. The molecular weight excluding hydrogens is 306 g/mol. The van der Waals surface area contributed by atoms with Gasteiger partial charge in [0.2, 0.25) is 5.91 Å². The fraction of sp³-hybridized carbons (Fsp3) is 0.435. The minimum Gasteiger partial charge on any atom is -0.325 e. The molecule has 0 aliphatic heterocycles. The fourth-order valence-corrected chi connectivity index (χ4v) is 3.07. The van der Waals surface area contributed by atoms with Gasteiger partial charge in [-0.15, -0.1) is 0 Å². The first-order valence-electron chi connectivity index (χ1n) is 9.41. The Labute approximate surface area is 152 Å². The average Bonchev–Trinajstić information content (AvgIpc) is 2.61. The number of hydrogen-bond acceptors (Lipinski definition) is 1. The molecule has 0 aliphatic carbocycles. The van der Waals surface area contributed by atoms with Crippen LogP contribution in [0.4, 0.5) is 5.69 Å². The molecule has 2 rings (SSSR count). The summed E-state index contributed by atoms with van der Waals surface area (Å²) in [5.74, 6) is 0.955. The quantitative estimate of drug-likeness (QED) is 0.646. The molecule has 2 aromatic rings. The number of hydrogen-bond donors (Lipinski definition) is 1. The molecule has 2 nitrogen and oxygen atoms in total. The van der Waals surface area contributed by atoms with E-state index in [4.69, 9.17) is 0 Å². The van der Waals surface area contributed by atoms with Crippen LogP contribution in [-0.4, -0.2) is 5.91 Å². The van der Waals surface area contributed by atoms with Gasteiger partial charge in [-0.05, 0) is 54.4 Å². The number of rotatable bonds is 7. The summed E-state index contributed by atoms with van der Waals surface area (Å²) in [6, 6.07) is 16.6. The van der Waals surface area contributed by atoms with Crippen LogP contribution < -0.4 is 5.32 Å². The van der Waals surface area contributed by atoms with E-state index in [0.717, 1.165) is 24.1 Å². The van der Waals surface area contributed by atoms with Crippen molar-refractivity contribution in [2.75, 3.05) is 5.32 Å². The van der Waals surface area contributed by atoms with Crippen molar-refractivity contribution in [2.24, 2.45) is 5.92 Å². The van der Waals surface area contributed by atoms with E-state index in [1.165, 1.54) is 11.1 Å². The lowest BCUT2D eigenvalue weighted by atomic mass is 9.95. The summed E-state index contributed by atoms with van der Waals surface area (Å²) in [4.78, 5) is 12.7. The molecule has 0 spiro atoms. The van der Waals surface area contributed by atoms with E-state index in [9.17, 15) is 4.79 Å². The van der Waals surface area contributed by atoms with Gasteiger partial charge in [0.1, 0.15) is 0 Å². The van der Waals surface area contributed by atoms with Gasteiger partial charge in [0.05, 0.1) is 5.92 Å². The molecule has 0 radical (unpaired) electrons. The third kappa shape index (κ3) is 5.19. The number of anilines is 1. The Morgan fingerprint density at radius 2 is 1.60 bits per heavy atom. The molecule has 25 heavy (non-hydrogen) atoms. The molecule has 2 heteroatoms. The van der Waals surface area contributed by atoms with E-state index >= 15 is 0 Å². The highest BCUT2D eigenvalue weighted by Gasteiger charge is 2.17. The SMILES string of the molecule is CC[C@H](C)c1ccccc1NC(=O)[C@@H](C)c1ccc(CC(C)C)cc1. The van der Waals surface area contributed by atoms with Crippen molar-refractivity contribution in [1.29, 1.82) is 0 Å². The summed E-state index contributed by atoms with van der Waals surface area (Å²) < 4.78 is 0. The maximum atomic E-state index is 12.7. The van der Waals surface area contributed by atoms with Crippen LogP contribution in [0.2, 0.25) is 0 Å². The van der Waals surface area contributed by atoms with E-state index < -0.39 is 0 Å². The minimum absolute atomic E-state index is 0.0485. The second kappa shape index (κ2) is 8.84. The molecule has 0 saturated heterocycles. The van der Waals surface area contributed by atoms with E-state index in [2.05, 4.69) is 63.3 Å². The second-order valence-electron chi connectivity index (χ2n) is 7.45. The van der Waals surface area contributed by atoms with Crippen molar-refractivity contribution in [3.63, 3.8) is 0 Å². The van der Waals surface area contributed by atoms with E-state index in [0.29, 0.717) is 11.8 Å². The van der Waals surface area contributed by atoms with Crippen molar-refractivity contribution < 1.29 is 4.79 Å². The van der Waals surface area contributed by atoms with Crippen LogP contribution in [0.25, 0.3) is 0 Å². The number of nitrogens with one attached hydrogen (secondary N) is 1. The lowest BCUT2D eigenvalue weighted by Gasteiger charge is -2.18. The first kappa shape index (κ1) is 19.2. The Bertz CT molecular complexity index is 687. The van der Waals surface area contributed by atoms with Crippen molar-refractivity contribution in [3.05, 3.63) is 65.2 Å². The van der Waals surface area contributed by atoms with Crippen molar-refractivity contribution in [1.82, 2.24) is 0 Å². The molecular formula is C23H31NO. The Morgan fingerprint density at radius 1 is 0.960 bits per heavy atom. The number of benzene rings is 2. The summed E-state index contributed by atoms with van der Waals surface area (Å²) in [7, 11) is 0. The minimum atomic E-state index is -0.168. The third-order valence-corrected chi connectivity index (χ3v) is 4.88. The van der Waals surface area contributed by atoms with Crippen LogP contribution in [0, 0.1) is 5.92 Å². The summed E-state index contributed by atoms with van der Waals surface area (Å²) in [5, 5.41) is 3.13. The molecule has 0 heterocycles.